The van der Waals surface area contributed by atoms with E-state index in [-0.39, 0.29) is 24.7 Å². The lowest BCUT2D eigenvalue weighted by Gasteiger charge is -2.07. The van der Waals surface area contributed by atoms with Gasteiger partial charge in [0.2, 0.25) is 0 Å². The van der Waals surface area contributed by atoms with Crippen LogP contribution in [0.5, 0.6) is 0 Å². The van der Waals surface area contributed by atoms with Gasteiger partial charge in [-0.2, -0.15) is 0 Å². The maximum absolute atomic E-state index is 11.8. The highest BCUT2D eigenvalue weighted by molar-refractivity contribution is 9.10. The highest BCUT2D eigenvalue weighted by atomic mass is 79.9. The Kier molecular flexibility index (Phi) is 4.65. The molecule has 0 saturated heterocycles. The Bertz CT molecular complexity index is 616. The number of nitrogens with one attached hydrogen (secondary N) is 1. The quantitative estimate of drug-likeness (QED) is 0.779. The molecule has 4 N–H and O–H groups in total. The molecule has 2 aromatic rings. The molecule has 1 heterocycles. The molecule has 2 rings (SSSR count). The number of nitrogens with zero attached hydrogens (tertiary/aromatic N) is 2. The molecule has 0 unspecified atom stereocenters. The molecule has 0 saturated carbocycles. The molecule has 20 heavy (non-hydrogen) atoms. The number of aliphatic hydroxyl groups is 1. The Balaban J connectivity index is 2.33. The lowest BCUT2D eigenvalue weighted by atomic mass is 10.1. The van der Waals surface area contributed by atoms with E-state index in [0.29, 0.717) is 5.69 Å². The van der Waals surface area contributed by atoms with Gasteiger partial charge in [-0.15, -0.1) is 0 Å². The van der Waals surface area contributed by atoms with Crippen molar-refractivity contribution in [3.8, 4) is 11.3 Å². The molecule has 0 spiro atoms. The number of amides is 1. The lowest BCUT2D eigenvalue weighted by molar-refractivity contribution is 0.0940. The third-order valence-electron chi connectivity index (χ3n) is 2.55. The molecule has 104 valence electrons. The van der Waals surface area contributed by atoms with Crippen molar-refractivity contribution in [2.24, 2.45) is 0 Å². The summed E-state index contributed by atoms with van der Waals surface area (Å²) in [6.45, 7) is -0.00601. The van der Waals surface area contributed by atoms with Crippen LogP contribution in [0.4, 0.5) is 5.82 Å². The fourth-order valence-corrected chi connectivity index (χ4v) is 1.84. The summed E-state index contributed by atoms with van der Waals surface area (Å²) in [7, 11) is 0. The first-order valence-corrected chi connectivity index (χ1v) is 6.68. The van der Waals surface area contributed by atoms with Gasteiger partial charge in [0.15, 0.2) is 11.5 Å². The van der Waals surface area contributed by atoms with Gasteiger partial charge in [0.1, 0.15) is 0 Å². The summed E-state index contributed by atoms with van der Waals surface area (Å²) in [6, 6.07) is 7.47. The van der Waals surface area contributed by atoms with Gasteiger partial charge in [-0.05, 0) is 12.1 Å². The third kappa shape index (κ3) is 3.31. The number of carbonyl (C=O) groups is 1. The van der Waals surface area contributed by atoms with Crippen molar-refractivity contribution in [2.75, 3.05) is 18.9 Å². The summed E-state index contributed by atoms with van der Waals surface area (Å²) in [5, 5.41) is 11.2. The van der Waals surface area contributed by atoms with Crippen LogP contribution in [0.1, 0.15) is 10.5 Å². The maximum atomic E-state index is 11.8. The van der Waals surface area contributed by atoms with Crippen molar-refractivity contribution < 1.29 is 9.90 Å². The second-order valence-corrected chi connectivity index (χ2v) is 4.89. The van der Waals surface area contributed by atoms with Crippen LogP contribution >= 0.6 is 15.9 Å². The monoisotopic (exact) mass is 336 g/mol. The van der Waals surface area contributed by atoms with E-state index in [4.69, 9.17) is 10.8 Å². The molecule has 0 aliphatic rings. The molecule has 0 fully saturated rings. The summed E-state index contributed by atoms with van der Waals surface area (Å²) >= 11 is 3.35. The van der Waals surface area contributed by atoms with Crippen molar-refractivity contribution in [1.29, 1.82) is 0 Å². The molecular weight excluding hydrogens is 324 g/mol. The Morgan fingerprint density at radius 3 is 2.70 bits per heavy atom. The number of halogens is 1. The van der Waals surface area contributed by atoms with E-state index in [1.165, 1.54) is 6.20 Å². The van der Waals surface area contributed by atoms with Gasteiger partial charge in [-0.25, -0.2) is 9.97 Å². The van der Waals surface area contributed by atoms with Crippen LogP contribution in [0.3, 0.4) is 0 Å². The third-order valence-corrected chi connectivity index (χ3v) is 3.08. The van der Waals surface area contributed by atoms with Crippen molar-refractivity contribution in [1.82, 2.24) is 15.3 Å². The van der Waals surface area contributed by atoms with Crippen LogP contribution in [0, 0.1) is 0 Å². The number of carbonyl (C=O) groups excluding carboxylic acids is 1. The number of rotatable bonds is 4. The average Bonchev–Trinajstić information content (AvgIpc) is 2.46. The van der Waals surface area contributed by atoms with Gasteiger partial charge in [-0.1, -0.05) is 28.1 Å². The zero-order valence-corrected chi connectivity index (χ0v) is 12.1. The van der Waals surface area contributed by atoms with Crippen LogP contribution in [0.15, 0.2) is 34.9 Å². The number of nitrogen functional groups attached to an aromatic ring is 1. The molecule has 0 aliphatic heterocycles. The summed E-state index contributed by atoms with van der Waals surface area (Å²) < 4.78 is 0.950. The largest absolute Gasteiger partial charge is 0.395 e. The molecular formula is C13H13BrN4O2. The SMILES string of the molecule is Nc1ncc(-c2ccc(Br)cc2)nc1C(=O)NCCO. The fourth-order valence-electron chi connectivity index (χ4n) is 1.58. The lowest BCUT2D eigenvalue weighted by Crippen LogP contribution is -2.28. The summed E-state index contributed by atoms with van der Waals surface area (Å²) in [5.41, 5.74) is 7.10. The summed E-state index contributed by atoms with van der Waals surface area (Å²) in [6.07, 6.45) is 1.52. The molecule has 0 radical (unpaired) electrons. The standard InChI is InChI=1S/C13H13BrN4O2/c14-9-3-1-8(2-4-9)10-7-17-12(15)11(18-10)13(20)16-5-6-19/h1-4,7,19H,5-6H2,(H2,15,17)(H,16,20). The van der Waals surface area contributed by atoms with E-state index < -0.39 is 5.91 Å². The van der Waals surface area contributed by atoms with Crippen LogP contribution in [-0.2, 0) is 0 Å². The second-order valence-electron chi connectivity index (χ2n) is 3.98. The molecule has 0 atom stereocenters. The highest BCUT2D eigenvalue weighted by Crippen LogP contribution is 2.20. The average molecular weight is 337 g/mol. The molecule has 0 bridgehead atoms. The number of aromatic nitrogens is 2. The Morgan fingerprint density at radius 1 is 1.35 bits per heavy atom. The first kappa shape index (κ1) is 14.4. The van der Waals surface area contributed by atoms with E-state index in [1.807, 2.05) is 24.3 Å². The normalized spacial score (nSPS) is 10.3. The predicted molar refractivity (Wildman–Crippen MR) is 79.0 cm³/mol. The zero-order chi connectivity index (χ0) is 14.5. The van der Waals surface area contributed by atoms with Crippen molar-refractivity contribution in [3.05, 3.63) is 40.6 Å². The number of anilines is 1. The van der Waals surface area contributed by atoms with E-state index >= 15 is 0 Å². The molecule has 1 aromatic carbocycles. The van der Waals surface area contributed by atoms with E-state index in [0.717, 1.165) is 10.0 Å². The Hall–Kier alpha value is -1.99. The van der Waals surface area contributed by atoms with Crippen molar-refractivity contribution in [2.45, 2.75) is 0 Å². The number of nitrogens with two attached hydrogens (primary N) is 1. The van der Waals surface area contributed by atoms with Gasteiger partial charge < -0.3 is 16.2 Å². The Morgan fingerprint density at radius 2 is 2.05 bits per heavy atom. The van der Waals surface area contributed by atoms with E-state index in [9.17, 15) is 4.79 Å². The summed E-state index contributed by atoms with van der Waals surface area (Å²) in [5.74, 6) is -0.399. The van der Waals surface area contributed by atoms with Gasteiger partial charge in [0, 0.05) is 16.6 Å². The number of benzene rings is 1. The van der Waals surface area contributed by atoms with Gasteiger partial charge in [0.05, 0.1) is 18.5 Å². The van der Waals surface area contributed by atoms with Gasteiger partial charge in [0.25, 0.3) is 5.91 Å². The predicted octanol–water partition coefficient (Wildman–Crippen LogP) is 1.21. The summed E-state index contributed by atoms with van der Waals surface area (Å²) in [4.78, 5) is 20.1. The highest BCUT2D eigenvalue weighted by Gasteiger charge is 2.14. The minimum Gasteiger partial charge on any atom is -0.395 e. The van der Waals surface area contributed by atoms with Crippen LogP contribution in [0.2, 0.25) is 0 Å². The number of hydrogen-bond donors (Lipinski definition) is 3. The van der Waals surface area contributed by atoms with Crippen LogP contribution in [0.25, 0.3) is 11.3 Å². The topological polar surface area (TPSA) is 101 Å². The molecule has 0 aliphatic carbocycles. The van der Waals surface area contributed by atoms with Gasteiger partial charge in [-0.3, -0.25) is 4.79 Å². The maximum Gasteiger partial charge on any atom is 0.273 e. The Labute approximate surface area is 124 Å². The van der Waals surface area contributed by atoms with E-state index in [1.54, 1.807) is 0 Å². The first-order valence-electron chi connectivity index (χ1n) is 5.89. The smallest absolute Gasteiger partial charge is 0.273 e. The first-order chi connectivity index (χ1) is 9.61. The minimum absolute atomic E-state index is 0.0545. The fraction of sp³-hybridized carbons (Fsp3) is 0.154. The molecule has 1 amide bonds. The number of hydrogen-bond acceptors (Lipinski definition) is 5. The van der Waals surface area contributed by atoms with Gasteiger partial charge >= 0.3 is 0 Å². The zero-order valence-electron chi connectivity index (χ0n) is 10.5. The van der Waals surface area contributed by atoms with Crippen molar-refractivity contribution in [3.63, 3.8) is 0 Å². The van der Waals surface area contributed by atoms with Crippen LogP contribution in [-0.4, -0.2) is 34.1 Å². The second kappa shape index (κ2) is 6.44. The molecule has 1 aromatic heterocycles. The van der Waals surface area contributed by atoms with Crippen molar-refractivity contribution >= 4 is 27.7 Å². The minimum atomic E-state index is -0.456. The molecule has 7 heteroatoms. The molecule has 6 nitrogen and oxygen atoms in total. The van der Waals surface area contributed by atoms with E-state index in [2.05, 4.69) is 31.2 Å². The van der Waals surface area contributed by atoms with Crippen LogP contribution < -0.4 is 11.1 Å². The number of aliphatic hydroxyl groups excluding tert-OH is 1.